The molecule has 80 valence electrons. The summed E-state index contributed by atoms with van der Waals surface area (Å²) >= 11 is 0. The SMILES string of the molecule is [2H]C(=O)CC(Cc1ccc(C)cc1)C(=O)O. The molecule has 3 heteroatoms. The first-order valence-electron chi connectivity index (χ1n) is 5.27. The van der Waals surface area contributed by atoms with E-state index in [0.717, 1.165) is 11.1 Å². The molecule has 0 aromatic heterocycles. The van der Waals surface area contributed by atoms with E-state index < -0.39 is 18.1 Å². The number of aldehydes is 1. The second-order valence-electron chi connectivity index (χ2n) is 3.57. The van der Waals surface area contributed by atoms with Crippen LogP contribution < -0.4 is 0 Å². The molecular formula is C12H14O3. The molecule has 1 aromatic carbocycles. The number of carbonyl (C=O) groups excluding carboxylic acids is 1. The normalized spacial score (nSPS) is 13.0. The maximum Gasteiger partial charge on any atom is 0.307 e. The number of carbonyl (C=O) groups is 2. The summed E-state index contributed by atoms with van der Waals surface area (Å²) in [5.74, 6) is -1.83. The van der Waals surface area contributed by atoms with Crippen LogP contribution in [0.25, 0.3) is 0 Å². The molecule has 0 radical (unpaired) electrons. The molecule has 0 spiro atoms. The predicted molar refractivity (Wildman–Crippen MR) is 56.7 cm³/mol. The van der Waals surface area contributed by atoms with Crippen LogP contribution in [0.4, 0.5) is 0 Å². The monoisotopic (exact) mass is 207 g/mol. The Balaban J connectivity index is 2.71. The van der Waals surface area contributed by atoms with Crippen LogP contribution in [0.5, 0.6) is 0 Å². The van der Waals surface area contributed by atoms with Crippen molar-refractivity contribution in [2.45, 2.75) is 19.8 Å². The Bertz CT molecular complexity index is 384. The summed E-state index contributed by atoms with van der Waals surface area (Å²) < 4.78 is 6.80. The minimum Gasteiger partial charge on any atom is -0.481 e. The van der Waals surface area contributed by atoms with Crippen LogP contribution in [0.2, 0.25) is 0 Å². The average molecular weight is 207 g/mol. The number of aliphatic carboxylic acids is 1. The summed E-state index contributed by atoms with van der Waals surface area (Å²) in [7, 11) is 0. The number of hydrogen-bond acceptors (Lipinski definition) is 2. The molecule has 1 aromatic rings. The van der Waals surface area contributed by atoms with Gasteiger partial charge in [0.25, 0.3) is 0 Å². The molecule has 0 saturated carbocycles. The van der Waals surface area contributed by atoms with Crippen molar-refractivity contribution >= 4 is 12.2 Å². The highest BCUT2D eigenvalue weighted by atomic mass is 16.4. The Morgan fingerprint density at radius 3 is 2.60 bits per heavy atom. The summed E-state index contributed by atoms with van der Waals surface area (Å²) in [6, 6.07) is 7.49. The highest BCUT2D eigenvalue weighted by Crippen LogP contribution is 2.12. The van der Waals surface area contributed by atoms with Crippen LogP contribution in [-0.2, 0) is 16.0 Å². The van der Waals surface area contributed by atoms with Gasteiger partial charge >= 0.3 is 5.97 Å². The Hall–Kier alpha value is -1.64. The standard InChI is InChI=1S/C12H14O3/c1-9-2-4-10(5-3-9)8-11(6-7-13)12(14)15/h2-5,7,11H,6,8H2,1H3,(H,14,15)/i7D. The lowest BCUT2D eigenvalue weighted by Gasteiger charge is -2.08. The zero-order valence-corrected chi connectivity index (χ0v) is 8.56. The third kappa shape index (κ3) is 3.54. The molecule has 0 amide bonds. The van der Waals surface area contributed by atoms with Gasteiger partial charge in [0.1, 0.15) is 7.63 Å². The molecule has 1 atom stereocenters. The van der Waals surface area contributed by atoms with Gasteiger partial charge in [0, 0.05) is 6.42 Å². The molecule has 0 bridgehead atoms. The van der Waals surface area contributed by atoms with E-state index in [9.17, 15) is 9.59 Å². The highest BCUT2D eigenvalue weighted by Gasteiger charge is 2.16. The van der Waals surface area contributed by atoms with Crippen LogP contribution >= 0.6 is 0 Å². The zero-order valence-electron chi connectivity index (χ0n) is 9.56. The summed E-state index contributed by atoms with van der Waals surface area (Å²) in [4.78, 5) is 21.5. The summed E-state index contributed by atoms with van der Waals surface area (Å²) in [5, 5.41) is 8.90. The fraction of sp³-hybridized carbons (Fsp3) is 0.333. The van der Waals surface area contributed by atoms with Gasteiger partial charge in [-0.05, 0) is 18.9 Å². The average Bonchev–Trinajstić information content (AvgIpc) is 2.19. The van der Waals surface area contributed by atoms with Crippen LogP contribution in [-0.4, -0.2) is 17.3 Å². The van der Waals surface area contributed by atoms with Gasteiger partial charge in [-0.15, -0.1) is 0 Å². The fourth-order valence-corrected chi connectivity index (χ4v) is 1.36. The van der Waals surface area contributed by atoms with Gasteiger partial charge in [-0.25, -0.2) is 0 Å². The van der Waals surface area contributed by atoms with Crippen LogP contribution in [0.15, 0.2) is 24.3 Å². The maximum atomic E-state index is 10.9. The van der Waals surface area contributed by atoms with Crippen molar-refractivity contribution in [2.75, 3.05) is 0 Å². The molecule has 1 N–H and O–H groups in total. The van der Waals surface area contributed by atoms with E-state index in [1.807, 2.05) is 31.2 Å². The smallest absolute Gasteiger partial charge is 0.307 e. The van der Waals surface area contributed by atoms with E-state index in [2.05, 4.69) is 0 Å². The quantitative estimate of drug-likeness (QED) is 0.749. The van der Waals surface area contributed by atoms with Crippen molar-refractivity contribution in [3.8, 4) is 0 Å². The number of benzene rings is 1. The summed E-state index contributed by atoms with van der Waals surface area (Å²) in [6.45, 7) is 1.95. The zero-order chi connectivity index (χ0) is 12.1. The second kappa shape index (κ2) is 5.29. The van der Waals surface area contributed by atoms with E-state index >= 15 is 0 Å². The molecule has 1 unspecified atom stereocenters. The lowest BCUT2D eigenvalue weighted by molar-refractivity contribution is -0.142. The molecule has 3 nitrogen and oxygen atoms in total. The first-order chi connectivity index (χ1) is 7.49. The maximum absolute atomic E-state index is 10.9. The second-order valence-corrected chi connectivity index (χ2v) is 3.57. The largest absolute Gasteiger partial charge is 0.481 e. The van der Waals surface area contributed by atoms with Crippen molar-refractivity contribution < 1.29 is 16.1 Å². The molecular weight excluding hydrogens is 192 g/mol. The number of hydrogen-bond donors (Lipinski definition) is 1. The predicted octanol–water partition coefficient (Wildman–Crippen LogP) is 1.83. The first kappa shape index (κ1) is 9.90. The lowest BCUT2D eigenvalue weighted by atomic mass is 9.96. The van der Waals surface area contributed by atoms with Crippen molar-refractivity contribution in [1.82, 2.24) is 0 Å². The minimum atomic E-state index is -1.03. The Labute approximate surface area is 90.1 Å². The molecule has 15 heavy (non-hydrogen) atoms. The van der Waals surface area contributed by atoms with Crippen LogP contribution in [0, 0.1) is 12.8 Å². The highest BCUT2D eigenvalue weighted by molar-refractivity contribution is 5.73. The molecule has 0 fully saturated rings. The number of aryl methyl sites for hydroxylation is 1. The van der Waals surface area contributed by atoms with E-state index in [1.54, 1.807) is 0 Å². The van der Waals surface area contributed by atoms with E-state index in [1.165, 1.54) is 0 Å². The molecule has 0 saturated heterocycles. The van der Waals surface area contributed by atoms with Crippen LogP contribution in [0.3, 0.4) is 0 Å². The van der Waals surface area contributed by atoms with E-state index in [0.29, 0.717) is 6.42 Å². The Kier molecular flexibility index (Phi) is 3.49. The lowest BCUT2D eigenvalue weighted by Crippen LogP contribution is -2.16. The third-order valence-corrected chi connectivity index (χ3v) is 2.28. The Morgan fingerprint density at radius 2 is 2.13 bits per heavy atom. The molecule has 1 rings (SSSR count). The van der Waals surface area contributed by atoms with Gasteiger partial charge < -0.3 is 9.90 Å². The summed E-state index contributed by atoms with van der Waals surface area (Å²) in [5.41, 5.74) is 1.98. The Morgan fingerprint density at radius 1 is 1.53 bits per heavy atom. The molecule has 0 aliphatic heterocycles. The number of rotatable bonds is 5. The van der Waals surface area contributed by atoms with Crippen LogP contribution in [0.1, 0.15) is 18.9 Å². The third-order valence-electron chi connectivity index (χ3n) is 2.28. The fourth-order valence-electron chi connectivity index (χ4n) is 1.36. The van der Waals surface area contributed by atoms with Gasteiger partial charge in [0.05, 0.1) is 5.92 Å². The molecule has 0 aliphatic rings. The molecule has 0 aliphatic carbocycles. The van der Waals surface area contributed by atoms with Crippen molar-refractivity contribution in [3.05, 3.63) is 35.4 Å². The van der Waals surface area contributed by atoms with Gasteiger partial charge in [-0.2, -0.15) is 0 Å². The van der Waals surface area contributed by atoms with Crippen molar-refractivity contribution in [3.63, 3.8) is 0 Å². The first-order valence-corrected chi connectivity index (χ1v) is 4.77. The van der Waals surface area contributed by atoms with Gasteiger partial charge in [0.15, 0.2) is 0 Å². The van der Waals surface area contributed by atoms with Gasteiger partial charge in [-0.1, -0.05) is 29.8 Å². The van der Waals surface area contributed by atoms with Crippen molar-refractivity contribution in [1.29, 1.82) is 0 Å². The minimum absolute atomic E-state index is 0.233. The number of carboxylic acids is 1. The van der Waals surface area contributed by atoms with Crippen molar-refractivity contribution in [2.24, 2.45) is 5.92 Å². The summed E-state index contributed by atoms with van der Waals surface area (Å²) in [6.07, 6.45) is -0.775. The van der Waals surface area contributed by atoms with Gasteiger partial charge in [-0.3, -0.25) is 4.79 Å². The van der Waals surface area contributed by atoms with E-state index in [-0.39, 0.29) is 6.42 Å². The number of carboxylic acid groups (broad SMARTS) is 1. The van der Waals surface area contributed by atoms with Gasteiger partial charge in [0.2, 0.25) is 0 Å². The topological polar surface area (TPSA) is 54.4 Å². The van der Waals surface area contributed by atoms with E-state index in [4.69, 9.17) is 6.48 Å². The molecule has 0 heterocycles.